The predicted molar refractivity (Wildman–Crippen MR) is 103 cm³/mol. The Hall–Kier alpha value is -1.89. The summed E-state index contributed by atoms with van der Waals surface area (Å²) >= 11 is 6.47. The zero-order valence-electron chi connectivity index (χ0n) is 15.8. The molecule has 1 aliphatic carbocycles. The molecule has 148 valence electrons. The summed E-state index contributed by atoms with van der Waals surface area (Å²) in [5, 5.41) is 8.17. The van der Waals surface area contributed by atoms with E-state index in [1.54, 1.807) is 4.68 Å². The van der Waals surface area contributed by atoms with Crippen molar-refractivity contribution in [1.29, 1.82) is 0 Å². The maximum Gasteiger partial charge on any atom is 0.387 e. The van der Waals surface area contributed by atoms with E-state index in [2.05, 4.69) is 22.3 Å². The van der Waals surface area contributed by atoms with Crippen molar-refractivity contribution in [3.63, 3.8) is 0 Å². The number of hydrogen-bond acceptors (Lipinski definition) is 4. The quantitative estimate of drug-likeness (QED) is 0.615. The minimum atomic E-state index is -2.94. The SMILES string of the molecule is CCc1nn(CC)c(-c2cnc(NC(C)CC3CC3)cc2OC(F)F)c1Cl. The zero-order chi connectivity index (χ0) is 19.6. The lowest BCUT2D eigenvalue weighted by molar-refractivity contribution is -0.0494. The second kappa shape index (κ2) is 8.42. The van der Waals surface area contributed by atoms with Crippen molar-refractivity contribution in [2.24, 2.45) is 5.92 Å². The number of ether oxygens (including phenoxy) is 1. The molecule has 1 fully saturated rings. The molecule has 1 saturated carbocycles. The highest BCUT2D eigenvalue weighted by Crippen LogP contribution is 2.39. The van der Waals surface area contributed by atoms with Gasteiger partial charge < -0.3 is 10.1 Å². The second-order valence-electron chi connectivity index (χ2n) is 6.95. The summed E-state index contributed by atoms with van der Waals surface area (Å²) in [6, 6.07) is 1.73. The number of alkyl halides is 2. The maximum absolute atomic E-state index is 13.0. The molecule has 0 spiro atoms. The summed E-state index contributed by atoms with van der Waals surface area (Å²) in [5.41, 5.74) is 1.68. The molecule has 1 N–H and O–H groups in total. The summed E-state index contributed by atoms with van der Waals surface area (Å²) in [6.07, 6.45) is 5.74. The molecule has 2 heterocycles. The van der Waals surface area contributed by atoms with Gasteiger partial charge in [0.05, 0.1) is 22.0 Å². The normalized spacial score (nSPS) is 15.2. The van der Waals surface area contributed by atoms with Crippen molar-refractivity contribution in [1.82, 2.24) is 14.8 Å². The van der Waals surface area contributed by atoms with Crippen LogP contribution < -0.4 is 10.1 Å². The van der Waals surface area contributed by atoms with Crippen LogP contribution in [0, 0.1) is 5.92 Å². The van der Waals surface area contributed by atoms with Gasteiger partial charge in [0.1, 0.15) is 11.6 Å². The Balaban J connectivity index is 1.95. The number of aromatic nitrogens is 3. The van der Waals surface area contributed by atoms with Gasteiger partial charge in [0.2, 0.25) is 0 Å². The Morgan fingerprint density at radius 3 is 2.70 bits per heavy atom. The van der Waals surface area contributed by atoms with Crippen LogP contribution in [0.4, 0.5) is 14.6 Å². The summed E-state index contributed by atoms with van der Waals surface area (Å²) in [6.45, 7) is 3.55. The first-order valence-corrected chi connectivity index (χ1v) is 9.77. The Kier molecular flexibility index (Phi) is 6.19. The van der Waals surface area contributed by atoms with E-state index >= 15 is 0 Å². The molecule has 0 radical (unpaired) electrons. The molecule has 5 nitrogen and oxygen atoms in total. The lowest BCUT2D eigenvalue weighted by Gasteiger charge is -2.17. The number of halogens is 3. The van der Waals surface area contributed by atoms with Gasteiger partial charge in [-0.1, -0.05) is 31.4 Å². The summed E-state index contributed by atoms with van der Waals surface area (Å²) in [5.74, 6) is 1.31. The van der Waals surface area contributed by atoms with Crippen molar-refractivity contribution in [2.75, 3.05) is 5.32 Å². The number of rotatable bonds is 9. The first kappa shape index (κ1) is 19.9. The van der Waals surface area contributed by atoms with Crippen molar-refractivity contribution in [3.05, 3.63) is 23.0 Å². The summed E-state index contributed by atoms with van der Waals surface area (Å²) in [4.78, 5) is 4.41. The minimum Gasteiger partial charge on any atom is -0.434 e. The third-order valence-electron chi connectivity index (χ3n) is 4.71. The smallest absolute Gasteiger partial charge is 0.387 e. The highest BCUT2D eigenvalue weighted by molar-refractivity contribution is 6.33. The van der Waals surface area contributed by atoms with Crippen molar-refractivity contribution >= 4 is 17.4 Å². The van der Waals surface area contributed by atoms with Crippen LogP contribution in [0.5, 0.6) is 5.75 Å². The third-order valence-corrected chi connectivity index (χ3v) is 5.11. The zero-order valence-corrected chi connectivity index (χ0v) is 16.6. The van der Waals surface area contributed by atoms with Gasteiger partial charge in [0.25, 0.3) is 0 Å². The van der Waals surface area contributed by atoms with Gasteiger partial charge in [0, 0.05) is 24.8 Å². The number of nitrogens with zero attached hydrogens (tertiary/aromatic N) is 3. The van der Waals surface area contributed by atoms with Gasteiger partial charge in [-0.05, 0) is 32.6 Å². The molecule has 0 amide bonds. The average molecular weight is 399 g/mol. The fraction of sp³-hybridized carbons (Fsp3) is 0.579. The molecule has 1 atom stereocenters. The largest absolute Gasteiger partial charge is 0.434 e. The number of nitrogens with one attached hydrogen (secondary N) is 1. The van der Waals surface area contributed by atoms with Crippen LogP contribution in [0.1, 0.15) is 45.7 Å². The molecule has 0 saturated heterocycles. The van der Waals surface area contributed by atoms with Gasteiger partial charge >= 0.3 is 6.61 Å². The molecule has 3 rings (SSSR count). The van der Waals surface area contributed by atoms with E-state index in [1.165, 1.54) is 25.1 Å². The van der Waals surface area contributed by atoms with E-state index in [0.29, 0.717) is 35.1 Å². The Labute approximate surface area is 163 Å². The van der Waals surface area contributed by atoms with Gasteiger partial charge in [-0.25, -0.2) is 4.98 Å². The Morgan fingerprint density at radius 2 is 2.11 bits per heavy atom. The highest BCUT2D eigenvalue weighted by atomic mass is 35.5. The van der Waals surface area contributed by atoms with E-state index in [9.17, 15) is 8.78 Å². The third kappa shape index (κ3) is 4.69. The Morgan fingerprint density at radius 1 is 1.37 bits per heavy atom. The molecule has 2 aromatic rings. The van der Waals surface area contributed by atoms with Gasteiger partial charge in [-0.3, -0.25) is 4.68 Å². The molecule has 1 aliphatic rings. The first-order valence-electron chi connectivity index (χ1n) is 9.39. The lowest BCUT2D eigenvalue weighted by Crippen LogP contribution is -2.17. The summed E-state index contributed by atoms with van der Waals surface area (Å²) < 4.78 is 32.5. The fourth-order valence-electron chi connectivity index (χ4n) is 3.25. The second-order valence-corrected chi connectivity index (χ2v) is 7.33. The molecule has 2 aromatic heterocycles. The molecule has 27 heavy (non-hydrogen) atoms. The molecule has 1 unspecified atom stereocenters. The Bertz CT molecular complexity index is 792. The van der Waals surface area contributed by atoms with Crippen LogP contribution in [0.2, 0.25) is 5.02 Å². The standard InChI is InChI=1S/C19H25ClF2N4O/c1-4-14-17(20)18(26(5-2)25-14)13-10-23-16(9-15(13)27-19(21)22)24-11(3)8-12-6-7-12/h9-12,19H,4-8H2,1-3H3,(H,23,24). The van der Waals surface area contributed by atoms with Crippen LogP contribution in [-0.2, 0) is 13.0 Å². The lowest BCUT2D eigenvalue weighted by atomic mass is 10.1. The summed E-state index contributed by atoms with van der Waals surface area (Å²) in [7, 11) is 0. The molecule has 8 heteroatoms. The van der Waals surface area contributed by atoms with Gasteiger partial charge in [-0.15, -0.1) is 0 Å². The van der Waals surface area contributed by atoms with E-state index in [0.717, 1.165) is 18.0 Å². The van der Waals surface area contributed by atoms with E-state index < -0.39 is 6.61 Å². The van der Waals surface area contributed by atoms with Crippen LogP contribution in [0.15, 0.2) is 12.3 Å². The van der Waals surface area contributed by atoms with Crippen LogP contribution in [-0.4, -0.2) is 27.4 Å². The number of hydrogen-bond donors (Lipinski definition) is 1. The average Bonchev–Trinajstić information content (AvgIpc) is 3.36. The first-order chi connectivity index (χ1) is 12.9. The van der Waals surface area contributed by atoms with Crippen LogP contribution in [0.25, 0.3) is 11.3 Å². The van der Waals surface area contributed by atoms with Crippen molar-refractivity contribution in [3.8, 4) is 17.0 Å². The van der Waals surface area contributed by atoms with Crippen molar-refractivity contribution < 1.29 is 13.5 Å². The van der Waals surface area contributed by atoms with Gasteiger partial charge in [0.15, 0.2) is 0 Å². The molecule has 0 aliphatic heterocycles. The van der Waals surface area contributed by atoms with Crippen molar-refractivity contribution in [2.45, 2.75) is 65.7 Å². The highest BCUT2D eigenvalue weighted by Gasteiger charge is 2.25. The van der Waals surface area contributed by atoms with Crippen LogP contribution in [0.3, 0.4) is 0 Å². The number of anilines is 1. The monoisotopic (exact) mass is 398 g/mol. The molecular weight excluding hydrogens is 374 g/mol. The molecule has 0 bridgehead atoms. The number of pyridine rings is 1. The van der Waals surface area contributed by atoms with Gasteiger partial charge in [-0.2, -0.15) is 13.9 Å². The minimum absolute atomic E-state index is 0.0419. The van der Waals surface area contributed by atoms with E-state index in [1.807, 2.05) is 13.8 Å². The van der Waals surface area contributed by atoms with E-state index in [-0.39, 0.29) is 11.8 Å². The molecular formula is C19H25ClF2N4O. The van der Waals surface area contributed by atoms with Crippen LogP contribution >= 0.6 is 11.6 Å². The maximum atomic E-state index is 13.0. The molecule has 0 aromatic carbocycles. The number of aryl methyl sites for hydroxylation is 2. The fourth-order valence-corrected chi connectivity index (χ4v) is 3.62. The topological polar surface area (TPSA) is 52.0 Å². The predicted octanol–water partition coefficient (Wildman–Crippen LogP) is 5.38. The van der Waals surface area contributed by atoms with E-state index in [4.69, 9.17) is 16.3 Å².